The van der Waals surface area contributed by atoms with Gasteiger partial charge in [0.15, 0.2) is 0 Å². The van der Waals surface area contributed by atoms with Gasteiger partial charge >= 0.3 is 0 Å². The number of amides is 3. The molecule has 1 aromatic carbocycles. The summed E-state index contributed by atoms with van der Waals surface area (Å²) in [5.41, 5.74) is 2.89. The number of likely N-dealkylation sites (tertiary alicyclic amines) is 1. The Morgan fingerprint density at radius 1 is 1.03 bits per heavy atom. The molecule has 166 valence electrons. The SMILES string of the molecule is O=C1CCC(N2Cc3cc(CN4CCCC(N5CCNCC5)C4)ccc3C2=O)C(=O)N1. The number of imide groups is 1. The first kappa shape index (κ1) is 20.6. The topological polar surface area (TPSA) is 85.0 Å². The summed E-state index contributed by atoms with van der Waals surface area (Å²) in [6.07, 6.45) is 3.18. The Morgan fingerprint density at radius 2 is 1.87 bits per heavy atom. The molecule has 0 bridgehead atoms. The zero-order valence-electron chi connectivity index (χ0n) is 17.9. The third kappa shape index (κ3) is 4.24. The summed E-state index contributed by atoms with van der Waals surface area (Å²) in [6, 6.07) is 6.18. The lowest BCUT2D eigenvalue weighted by Crippen LogP contribution is -2.53. The molecule has 3 amide bonds. The molecule has 0 aliphatic carbocycles. The minimum absolute atomic E-state index is 0.104. The number of carbonyl (C=O) groups is 3. The second-order valence-corrected chi connectivity index (χ2v) is 9.21. The highest BCUT2D eigenvalue weighted by molar-refractivity contribution is 6.05. The molecule has 3 fully saturated rings. The average molecular weight is 426 g/mol. The second kappa shape index (κ2) is 8.68. The van der Waals surface area contributed by atoms with Crippen LogP contribution in [0.4, 0.5) is 0 Å². The highest BCUT2D eigenvalue weighted by Crippen LogP contribution is 2.29. The molecule has 2 N–H and O–H groups in total. The molecule has 8 heteroatoms. The van der Waals surface area contributed by atoms with Crippen molar-refractivity contribution in [3.63, 3.8) is 0 Å². The number of carbonyl (C=O) groups excluding carboxylic acids is 3. The van der Waals surface area contributed by atoms with Crippen LogP contribution >= 0.6 is 0 Å². The molecule has 5 rings (SSSR count). The maximum atomic E-state index is 12.9. The molecule has 0 radical (unpaired) electrons. The van der Waals surface area contributed by atoms with Gasteiger partial charge < -0.3 is 10.2 Å². The molecule has 0 aromatic heterocycles. The van der Waals surface area contributed by atoms with Gasteiger partial charge in [-0.25, -0.2) is 0 Å². The first-order valence-electron chi connectivity index (χ1n) is 11.5. The van der Waals surface area contributed by atoms with Gasteiger partial charge in [0.1, 0.15) is 6.04 Å². The lowest BCUT2D eigenvalue weighted by Gasteiger charge is -2.41. The first-order chi connectivity index (χ1) is 15.1. The van der Waals surface area contributed by atoms with Crippen molar-refractivity contribution in [2.24, 2.45) is 0 Å². The fourth-order valence-electron chi connectivity index (χ4n) is 5.50. The van der Waals surface area contributed by atoms with Gasteiger partial charge in [0.2, 0.25) is 11.8 Å². The number of rotatable bonds is 4. The number of nitrogens with zero attached hydrogens (tertiary/aromatic N) is 3. The Morgan fingerprint density at radius 3 is 2.68 bits per heavy atom. The molecule has 2 unspecified atom stereocenters. The third-order valence-electron chi connectivity index (χ3n) is 7.14. The van der Waals surface area contributed by atoms with Crippen molar-refractivity contribution in [3.8, 4) is 0 Å². The smallest absolute Gasteiger partial charge is 0.255 e. The molecule has 0 spiro atoms. The second-order valence-electron chi connectivity index (χ2n) is 9.21. The molecule has 4 aliphatic rings. The van der Waals surface area contributed by atoms with Crippen molar-refractivity contribution >= 4 is 17.7 Å². The van der Waals surface area contributed by atoms with Crippen molar-refractivity contribution in [3.05, 3.63) is 34.9 Å². The van der Waals surface area contributed by atoms with Gasteiger partial charge in [-0.3, -0.25) is 29.5 Å². The zero-order valence-corrected chi connectivity index (χ0v) is 17.9. The predicted octanol–water partition coefficient (Wildman–Crippen LogP) is 0.317. The van der Waals surface area contributed by atoms with E-state index in [1.54, 1.807) is 4.90 Å². The van der Waals surface area contributed by atoms with Crippen LogP contribution in [0, 0.1) is 0 Å². The number of piperidine rings is 2. The molecule has 0 saturated carbocycles. The molecule has 4 heterocycles. The number of nitrogens with one attached hydrogen (secondary N) is 2. The fourth-order valence-corrected chi connectivity index (χ4v) is 5.50. The number of hydrogen-bond donors (Lipinski definition) is 2. The third-order valence-corrected chi connectivity index (χ3v) is 7.14. The first-order valence-corrected chi connectivity index (χ1v) is 11.5. The monoisotopic (exact) mass is 425 g/mol. The van der Waals surface area contributed by atoms with Crippen LogP contribution in [0.1, 0.15) is 47.2 Å². The molecule has 3 saturated heterocycles. The number of fused-ring (bicyclic) bond motifs is 1. The molecule has 2 atom stereocenters. The summed E-state index contributed by atoms with van der Waals surface area (Å²) < 4.78 is 0. The lowest BCUT2D eigenvalue weighted by atomic mass is 10.0. The summed E-state index contributed by atoms with van der Waals surface area (Å²) in [4.78, 5) is 43.4. The summed E-state index contributed by atoms with van der Waals surface area (Å²) in [7, 11) is 0. The lowest BCUT2D eigenvalue weighted by molar-refractivity contribution is -0.136. The molecular weight excluding hydrogens is 394 g/mol. The van der Waals surface area contributed by atoms with E-state index >= 15 is 0 Å². The minimum atomic E-state index is -0.553. The quantitative estimate of drug-likeness (QED) is 0.676. The Balaban J connectivity index is 1.24. The van der Waals surface area contributed by atoms with Gasteiger partial charge in [-0.05, 0) is 43.0 Å². The van der Waals surface area contributed by atoms with Gasteiger partial charge in [-0.2, -0.15) is 0 Å². The van der Waals surface area contributed by atoms with E-state index in [-0.39, 0.29) is 24.1 Å². The Labute approximate surface area is 182 Å². The van der Waals surface area contributed by atoms with Crippen LogP contribution in [0.15, 0.2) is 18.2 Å². The summed E-state index contributed by atoms with van der Waals surface area (Å²) in [5, 5.41) is 5.80. The molecule has 8 nitrogen and oxygen atoms in total. The van der Waals surface area contributed by atoms with E-state index < -0.39 is 6.04 Å². The van der Waals surface area contributed by atoms with E-state index in [9.17, 15) is 14.4 Å². The van der Waals surface area contributed by atoms with Crippen LogP contribution in [0.5, 0.6) is 0 Å². The van der Waals surface area contributed by atoms with Crippen molar-refractivity contribution in [1.82, 2.24) is 25.3 Å². The number of hydrogen-bond acceptors (Lipinski definition) is 6. The van der Waals surface area contributed by atoms with Crippen LogP contribution in [0.25, 0.3) is 0 Å². The summed E-state index contributed by atoms with van der Waals surface area (Å²) in [5.74, 6) is -0.717. The van der Waals surface area contributed by atoms with E-state index in [2.05, 4.69) is 32.6 Å². The van der Waals surface area contributed by atoms with E-state index in [4.69, 9.17) is 0 Å². The van der Waals surface area contributed by atoms with Crippen molar-refractivity contribution in [2.75, 3.05) is 39.3 Å². The Kier molecular flexibility index (Phi) is 5.77. The average Bonchev–Trinajstić information content (AvgIpc) is 3.10. The highest BCUT2D eigenvalue weighted by Gasteiger charge is 2.39. The molecule has 1 aromatic rings. The van der Waals surface area contributed by atoms with Gasteiger partial charge in [0.05, 0.1) is 0 Å². The molecule has 31 heavy (non-hydrogen) atoms. The maximum absolute atomic E-state index is 12.9. The van der Waals surface area contributed by atoms with E-state index in [1.165, 1.54) is 18.4 Å². The van der Waals surface area contributed by atoms with Gasteiger partial charge in [-0.15, -0.1) is 0 Å². The van der Waals surface area contributed by atoms with Gasteiger partial charge in [-0.1, -0.05) is 12.1 Å². The standard InChI is InChI=1S/C23H31N5O3/c29-21-6-5-20(22(30)25-21)28-14-17-12-16(3-4-19(17)23(28)31)13-26-9-1-2-18(15-26)27-10-7-24-8-11-27/h3-4,12,18,20,24H,1-2,5-11,13-15H2,(H,25,29,30). The molecular formula is C23H31N5O3. The normalized spacial score (nSPS) is 28.0. The van der Waals surface area contributed by atoms with Crippen molar-refractivity contribution < 1.29 is 14.4 Å². The van der Waals surface area contributed by atoms with Crippen LogP contribution in [0.3, 0.4) is 0 Å². The van der Waals surface area contributed by atoms with Crippen LogP contribution in [-0.4, -0.2) is 83.8 Å². The Hall–Kier alpha value is -2.29. The highest BCUT2D eigenvalue weighted by atomic mass is 16.2. The Bertz CT molecular complexity index is 882. The van der Waals surface area contributed by atoms with Crippen molar-refractivity contribution in [1.29, 1.82) is 0 Å². The zero-order chi connectivity index (χ0) is 21.4. The largest absolute Gasteiger partial charge is 0.322 e. The number of benzene rings is 1. The van der Waals surface area contributed by atoms with E-state index in [0.717, 1.165) is 51.4 Å². The minimum Gasteiger partial charge on any atom is -0.322 e. The maximum Gasteiger partial charge on any atom is 0.255 e. The summed E-state index contributed by atoms with van der Waals surface area (Å²) in [6.45, 7) is 7.98. The van der Waals surface area contributed by atoms with Gasteiger partial charge in [0, 0.05) is 63.8 Å². The fraction of sp³-hybridized carbons (Fsp3) is 0.609. The summed E-state index contributed by atoms with van der Waals surface area (Å²) >= 11 is 0. The van der Waals surface area contributed by atoms with Crippen molar-refractivity contribution in [2.45, 2.75) is 50.9 Å². The predicted molar refractivity (Wildman–Crippen MR) is 115 cm³/mol. The van der Waals surface area contributed by atoms with E-state index in [1.807, 2.05) is 6.07 Å². The van der Waals surface area contributed by atoms with Gasteiger partial charge in [0.25, 0.3) is 5.91 Å². The van der Waals surface area contributed by atoms with Crippen LogP contribution in [0.2, 0.25) is 0 Å². The van der Waals surface area contributed by atoms with Crippen LogP contribution < -0.4 is 10.6 Å². The molecule has 4 aliphatic heterocycles. The number of piperazine rings is 1. The van der Waals surface area contributed by atoms with E-state index in [0.29, 0.717) is 24.6 Å². The van der Waals surface area contributed by atoms with Crippen LogP contribution in [-0.2, 0) is 22.7 Å².